The van der Waals surface area contributed by atoms with Gasteiger partial charge in [-0.15, -0.1) is 0 Å². The number of carbonyl (C=O) groups is 2. The van der Waals surface area contributed by atoms with E-state index >= 15 is 0 Å². The van der Waals surface area contributed by atoms with Gasteiger partial charge in [-0.2, -0.15) is 0 Å². The Balaban J connectivity index is 2.36. The molecule has 18 heavy (non-hydrogen) atoms. The Bertz CT molecular complexity index is 430. The highest BCUT2D eigenvalue weighted by atomic mass is 16.5. The molecule has 0 radical (unpaired) electrons. The molecule has 0 saturated heterocycles. The summed E-state index contributed by atoms with van der Waals surface area (Å²) in [6.45, 7) is 5.65. The highest BCUT2D eigenvalue weighted by Gasteiger charge is 2.13. The Hall–Kier alpha value is -1.82. The number of rotatable bonds is 5. The first kappa shape index (κ1) is 14.2. The van der Waals surface area contributed by atoms with Crippen molar-refractivity contribution in [2.45, 2.75) is 32.9 Å². The first-order valence-corrected chi connectivity index (χ1v) is 5.50. The highest BCUT2D eigenvalue weighted by molar-refractivity contribution is 5.84. The molecule has 0 aromatic carbocycles. The number of amides is 1. The third-order valence-corrected chi connectivity index (χ3v) is 1.97. The average Bonchev–Trinajstić information content (AvgIpc) is 2.71. The van der Waals surface area contributed by atoms with Gasteiger partial charge in [-0.25, -0.2) is 4.79 Å². The summed E-state index contributed by atoms with van der Waals surface area (Å²) in [5, 5.41) is 11.2. The van der Waals surface area contributed by atoms with Crippen LogP contribution in [0.5, 0.6) is 0 Å². The molecule has 0 spiro atoms. The normalized spacial score (nSPS) is 11.3. The number of ether oxygens (including phenoxy) is 1. The van der Waals surface area contributed by atoms with Gasteiger partial charge in [0.25, 0.3) is 0 Å². The van der Waals surface area contributed by atoms with Crippen LogP contribution in [-0.4, -0.2) is 29.2 Å². The van der Waals surface area contributed by atoms with Crippen molar-refractivity contribution in [3.8, 4) is 0 Å². The quantitative estimate of drug-likeness (QED) is 0.830. The van der Waals surface area contributed by atoms with Gasteiger partial charge < -0.3 is 19.6 Å². The standard InChI is InChI=1S/C12H17NO5/c1-12(2,3)17-7-10(14)13-6-8-4-5-9(18-8)11(15)16/h4-5H,6-7H2,1-3H3,(H,13,14)(H,15,16). The van der Waals surface area contributed by atoms with E-state index in [4.69, 9.17) is 14.3 Å². The van der Waals surface area contributed by atoms with Crippen molar-refractivity contribution in [2.24, 2.45) is 0 Å². The van der Waals surface area contributed by atoms with Gasteiger partial charge in [-0.05, 0) is 32.9 Å². The minimum Gasteiger partial charge on any atom is -0.475 e. The van der Waals surface area contributed by atoms with E-state index < -0.39 is 5.97 Å². The number of hydrogen-bond acceptors (Lipinski definition) is 4. The molecule has 1 heterocycles. The van der Waals surface area contributed by atoms with Crippen molar-refractivity contribution in [3.05, 3.63) is 23.7 Å². The van der Waals surface area contributed by atoms with Crippen molar-refractivity contribution in [1.82, 2.24) is 5.32 Å². The molecule has 0 fully saturated rings. The molecular formula is C12H17NO5. The number of carbonyl (C=O) groups excluding carboxylic acids is 1. The maximum Gasteiger partial charge on any atom is 0.371 e. The lowest BCUT2D eigenvalue weighted by Crippen LogP contribution is -2.31. The molecule has 6 nitrogen and oxygen atoms in total. The molecule has 6 heteroatoms. The second kappa shape index (κ2) is 5.68. The monoisotopic (exact) mass is 255 g/mol. The second-order valence-electron chi connectivity index (χ2n) is 4.75. The topological polar surface area (TPSA) is 88.8 Å². The highest BCUT2D eigenvalue weighted by Crippen LogP contribution is 2.08. The van der Waals surface area contributed by atoms with Gasteiger partial charge >= 0.3 is 5.97 Å². The molecule has 0 unspecified atom stereocenters. The van der Waals surface area contributed by atoms with E-state index in [0.717, 1.165) is 0 Å². The third kappa shape index (κ3) is 5.01. The number of carboxylic acid groups (broad SMARTS) is 1. The lowest BCUT2D eigenvalue weighted by Gasteiger charge is -2.18. The van der Waals surface area contributed by atoms with E-state index in [0.29, 0.717) is 5.76 Å². The van der Waals surface area contributed by atoms with E-state index in [1.807, 2.05) is 20.8 Å². The maximum atomic E-state index is 11.4. The van der Waals surface area contributed by atoms with E-state index in [2.05, 4.69) is 5.32 Å². The Morgan fingerprint density at radius 1 is 1.39 bits per heavy atom. The van der Waals surface area contributed by atoms with Gasteiger partial charge in [0, 0.05) is 0 Å². The van der Waals surface area contributed by atoms with Crippen LogP contribution in [0.1, 0.15) is 37.1 Å². The molecule has 1 aromatic heterocycles. The van der Waals surface area contributed by atoms with E-state index in [1.54, 1.807) is 0 Å². The van der Waals surface area contributed by atoms with Crippen LogP contribution in [0.25, 0.3) is 0 Å². The van der Waals surface area contributed by atoms with Crippen LogP contribution in [0, 0.1) is 0 Å². The van der Waals surface area contributed by atoms with Gasteiger partial charge in [0.2, 0.25) is 11.7 Å². The number of hydrogen-bond donors (Lipinski definition) is 2. The minimum atomic E-state index is -1.14. The molecule has 0 aliphatic heterocycles. The zero-order chi connectivity index (χ0) is 13.8. The summed E-state index contributed by atoms with van der Waals surface area (Å²) in [5.74, 6) is -1.18. The van der Waals surface area contributed by atoms with E-state index in [9.17, 15) is 9.59 Å². The van der Waals surface area contributed by atoms with Crippen LogP contribution < -0.4 is 5.32 Å². The molecule has 1 aromatic rings. The van der Waals surface area contributed by atoms with Crippen molar-refractivity contribution in [3.63, 3.8) is 0 Å². The van der Waals surface area contributed by atoms with Gasteiger partial charge in [0.1, 0.15) is 12.4 Å². The average molecular weight is 255 g/mol. The molecule has 1 rings (SSSR count). The molecule has 0 atom stereocenters. The predicted molar refractivity (Wildman–Crippen MR) is 63.2 cm³/mol. The van der Waals surface area contributed by atoms with Crippen molar-refractivity contribution < 1.29 is 23.8 Å². The van der Waals surface area contributed by atoms with Crippen molar-refractivity contribution in [2.75, 3.05) is 6.61 Å². The van der Waals surface area contributed by atoms with E-state index in [-0.39, 0.29) is 30.4 Å². The Morgan fingerprint density at radius 2 is 2.06 bits per heavy atom. The van der Waals surface area contributed by atoms with E-state index in [1.165, 1.54) is 12.1 Å². The van der Waals surface area contributed by atoms with Gasteiger partial charge in [-0.3, -0.25) is 4.79 Å². The summed E-state index contributed by atoms with van der Waals surface area (Å²) in [7, 11) is 0. The molecule has 0 aliphatic rings. The zero-order valence-corrected chi connectivity index (χ0v) is 10.6. The molecule has 1 amide bonds. The fourth-order valence-corrected chi connectivity index (χ4v) is 1.11. The lowest BCUT2D eigenvalue weighted by atomic mass is 10.2. The predicted octanol–water partition coefficient (Wildman–Crippen LogP) is 1.41. The molecule has 0 saturated carbocycles. The van der Waals surface area contributed by atoms with Gasteiger partial charge in [0.15, 0.2) is 0 Å². The van der Waals surface area contributed by atoms with Crippen LogP contribution in [-0.2, 0) is 16.1 Å². The Morgan fingerprint density at radius 3 is 2.56 bits per heavy atom. The smallest absolute Gasteiger partial charge is 0.371 e. The van der Waals surface area contributed by atoms with Gasteiger partial charge in [0.05, 0.1) is 12.1 Å². The van der Waals surface area contributed by atoms with Gasteiger partial charge in [-0.1, -0.05) is 0 Å². The summed E-state index contributed by atoms with van der Waals surface area (Å²) >= 11 is 0. The lowest BCUT2D eigenvalue weighted by molar-refractivity contribution is -0.130. The van der Waals surface area contributed by atoms with Crippen LogP contribution in [0.3, 0.4) is 0 Å². The minimum absolute atomic E-state index is 0.0456. The number of aromatic carboxylic acids is 1. The third-order valence-electron chi connectivity index (χ3n) is 1.97. The summed E-state index contributed by atoms with van der Waals surface area (Å²) < 4.78 is 10.3. The molecule has 2 N–H and O–H groups in total. The summed E-state index contributed by atoms with van der Waals surface area (Å²) in [6, 6.07) is 2.85. The zero-order valence-electron chi connectivity index (χ0n) is 10.6. The first-order valence-electron chi connectivity index (χ1n) is 5.50. The molecule has 0 aliphatic carbocycles. The largest absolute Gasteiger partial charge is 0.475 e. The Labute approximate surface area is 105 Å². The molecule has 100 valence electrons. The number of carboxylic acids is 1. The summed E-state index contributed by atoms with van der Waals surface area (Å²) in [6.07, 6.45) is 0. The van der Waals surface area contributed by atoms with Crippen LogP contribution in [0.4, 0.5) is 0 Å². The number of furan rings is 1. The fraction of sp³-hybridized carbons (Fsp3) is 0.500. The summed E-state index contributed by atoms with van der Waals surface area (Å²) in [4.78, 5) is 22.0. The first-order chi connectivity index (χ1) is 8.28. The van der Waals surface area contributed by atoms with Crippen LogP contribution in [0.15, 0.2) is 16.5 Å². The fourth-order valence-electron chi connectivity index (χ4n) is 1.11. The maximum absolute atomic E-state index is 11.4. The van der Waals surface area contributed by atoms with Crippen molar-refractivity contribution >= 4 is 11.9 Å². The second-order valence-corrected chi connectivity index (χ2v) is 4.75. The molecule has 0 bridgehead atoms. The van der Waals surface area contributed by atoms with Crippen LogP contribution >= 0.6 is 0 Å². The van der Waals surface area contributed by atoms with Crippen LogP contribution in [0.2, 0.25) is 0 Å². The van der Waals surface area contributed by atoms with Crippen molar-refractivity contribution in [1.29, 1.82) is 0 Å². The number of nitrogens with one attached hydrogen (secondary N) is 1. The Kier molecular flexibility index (Phi) is 4.49. The molecular weight excluding hydrogens is 238 g/mol. The SMILES string of the molecule is CC(C)(C)OCC(=O)NCc1ccc(C(=O)O)o1. The summed E-state index contributed by atoms with van der Waals surface area (Å²) in [5.41, 5.74) is -0.376.